The molecule has 2 N–H and O–H groups in total. The Morgan fingerprint density at radius 1 is 1.40 bits per heavy atom. The highest BCUT2D eigenvalue weighted by molar-refractivity contribution is 9.10. The molecule has 1 heterocycles. The number of hydrogen-bond donors (Lipinski definition) is 1. The molecule has 5 heteroatoms. The fourth-order valence-corrected chi connectivity index (χ4v) is 3.73. The van der Waals surface area contributed by atoms with Crippen molar-refractivity contribution < 1.29 is 9.13 Å². The monoisotopic (exact) mass is 425 g/mol. The molecule has 134 valence electrons. The lowest BCUT2D eigenvalue weighted by molar-refractivity contribution is 0.0627. The number of halogens is 3. The predicted molar refractivity (Wildman–Crippen MR) is 106 cm³/mol. The van der Waals surface area contributed by atoms with Crippen LogP contribution in [0.3, 0.4) is 0 Å². The second-order valence-electron chi connectivity index (χ2n) is 5.63. The van der Waals surface area contributed by atoms with Crippen molar-refractivity contribution in [1.82, 2.24) is 0 Å². The maximum atomic E-state index is 13.9. The standard InChI is InChI=1S/C18H16BrClFNO.C2H6/c1-2-6-15(22)18(11-7-4-3-5-8-11)10-12-14(23-18)9-13(21)17(20)16(12)19;1-2/h2-5,7-9,15H,1,6,10,22H2;1-2H3. The predicted octanol–water partition coefficient (Wildman–Crippen LogP) is 6.00. The van der Waals surface area contributed by atoms with Crippen molar-refractivity contribution in [3.8, 4) is 5.75 Å². The summed E-state index contributed by atoms with van der Waals surface area (Å²) in [6, 6.07) is 10.8. The van der Waals surface area contributed by atoms with Crippen LogP contribution >= 0.6 is 27.5 Å². The van der Waals surface area contributed by atoms with Gasteiger partial charge in [-0.2, -0.15) is 0 Å². The zero-order chi connectivity index (χ0) is 18.6. The fourth-order valence-electron chi connectivity index (χ4n) is 3.03. The molecule has 0 amide bonds. The molecule has 2 aromatic rings. The Kier molecular flexibility index (Phi) is 6.66. The van der Waals surface area contributed by atoms with Gasteiger partial charge in [0.2, 0.25) is 0 Å². The van der Waals surface area contributed by atoms with Crippen molar-refractivity contribution in [2.45, 2.75) is 38.3 Å². The minimum absolute atomic E-state index is 0.0634. The van der Waals surface area contributed by atoms with Crippen LogP contribution in [0.2, 0.25) is 5.02 Å². The molecule has 0 fully saturated rings. The summed E-state index contributed by atoms with van der Waals surface area (Å²) in [6.07, 6.45) is 2.86. The third-order valence-corrected chi connectivity index (χ3v) is 5.71. The SMILES string of the molecule is C=CCC(N)C1(c2ccccc2)Cc2c(cc(F)c(Cl)c2Br)O1.CC. The third kappa shape index (κ3) is 3.62. The zero-order valence-electron chi connectivity index (χ0n) is 14.4. The molecule has 0 saturated heterocycles. The first-order chi connectivity index (χ1) is 12.0. The minimum atomic E-state index is -0.766. The second kappa shape index (κ2) is 8.35. The molecule has 0 bridgehead atoms. The molecule has 0 spiro atoms. The maximum absolute atomic E-state index is 13.9. The molecule has 2 atom stereocenters. The summed E-state index contributed by atoms with van der Waals surface area (Å²) in [5.74, 6) is -0.0411. The van der Waals surface area contributed by atoms with Gasteiger partial charge in [0.25, 0.3) is 0 Å². The van der Waals surface area contributed by atoms with E-state index >= 15 is 0 Å². The maximum Gasteiger partial charge on any atom is 0.153 e. The van der Waals surface area contributed by atoms with Crippen LogP contribution < -0.4 is 10.5 Å². The number of rotatable bonds is 4. The smallest absolute Gasteiger partial charge is 0.153 e. The van der Waals surface area contributed by atoms with E-state index in [-0.39, 0.29) is 11.1 Å². The highest BCUT2D eigenvalue weighted by Crippen LogP contribution is 2.48. The Hall–Kier alpha value is -1.36. The lowest BCUT2D eigenvalue weighted by atomic mass is 9.81. The number of hydrogen-bond acceptors (Lipinski definition) is 2. The van der Waals surface area contributed by atoms with Crippen LogP contribution in [0.4, 0.5) is 4.39 Å². The highest BCUT2D eigenvalue weighted by Gasteiger charge is 2.47. The molecule has 0 saturated carbocycles. The Morgan fingerprint density at radius 3 is 2.64 bits per heavy atom. The summed E-state index contributed by atoms with van der Waals surface area (Å²) in [4.78, 5) is 0. The first-order valence-electron chi connectivity index (χ1n) is 8.27. The molecule has 1 aliphatic heterocycles. The van der Waals surface area contributed by atoms with E-state index in [1.165, 1.54) is 6.07 Å². The topological polar surface area (TPSA) is 35.2 Å². The molecule has 0 radical (unpaired) electrons. The zero-order valence-corrected chi connectivity index (χ0v) is 16.7. The molecule has 2 nitrogen and oxygen atoms in total. The molecule has 0 aliphatic carbocycles. The van der Waals surface area contributed by atoms with Crippen LogP contribution in [0.25, 0.3) is 0 Å². The van der Waals surface area contributed by atoms with E-state index in [1.807, 2.05) is 44.2 Å². The van der Waals surface area contributed by atoms with Gasteiger partial charge in [-0.1, -0.05) is 61.9 Å². The molecule has 0 aromatic heterocycles. The normalized spacial score (nSPS) is 19.3. The van der Waals surface area contributed by atoms with E-state index in [1.54, 1.807) is 6.08 Å². The van der Waals surface area contributed by atoms with Crippen molar-refractivity contribution in [2.75, 3.05) is 0 Å². The minimum Gasteiger partial charge on any atom is -0.480 e. The molecule has 1 aliphatic rings. The van der Waals surface area contributed by atoms with E-state index < -0.39 is 11.4 Å². The van der Waals surface area contributed by atoms with Gasteiger partial charge in [-0.25, -0.2) is 4.39 Å². The van der Waals surface area contributed by atoms with Gasteiger partial charge in [-0.05, 0) is 27.9 Å². The number of ether oxygens (including phenoxy) is 1. The van der Waals surface area contributed by atoms with Gasteiger partial charge in [0.05, 0.1) is 11.1 Å². The molecular weight excluding hydrogens is 405 g/mol. The Balaban J connectivity index is 0.00000109. The lowest BCUT2D eigenvalue weighted by Crippen LogP contribution is -2.49. The Morgan fingerprint density at radius 2 is 2.04 bits per heavy atom. The van der Waals surface area contributed by atoms with E-state index in [0.717, 1.165) is 11.1 Å². The molecular formula is C20H22BrClFNO. The summed E-state index contributed by atoms with van der Waals surface area (Å²) >= 11 is 9.40. The van der Waals surface area contributed by atoms with Gasteiger partial charge in [-0.3, -0.25) is 0 Å². The summed E-state index contributed by atoms with van der Waals surface area (Å²) in [6.45, 7) is 7.77. The van der Waals surface area contributed by atoms with E-state index in [9.17, 15) is 4.39 Å². The number of nitrogens with two attached hydrogens (primary N) is 1. The Bertz CT molecular complexity index is 753. The van der Waals surface area contributed by atoms with Crippen molar-refractivity contribution in [1.29, 1.82) is 0 Å². The van der Waals surface area contributed by atoms with Crippen LogP contribution in [0.5, 0.6) is 5.75 Å². The molecule has 2 unspecified atom stereocenters. The second-order valence-corrected chi connectivity index (χ2v) is 6.80. The van der Waals surface area contributed by atoms with E-state index in [4.69, 9.17) is 22.1 Å². The summed E-state index contributed by atoms with van der Waals surface area (Å²) in [7, 11) is 0. The van der Waals surface area contributed by atoms with Crippen LogP contribution in [0, 0.1) is 5.82 Å². The number of fused-ring (bicyclic) bond motifs is 1. The quantitative estimate of drug-likeness (QED) is 0.480. The van der Waals surface area contributed by atoms with Crippen molar-refractivity contribution in [2.24, 2.45) is 5.73 Å². The third-order valence-electron chi connectivity index (χ3n) is 4.24. The highest BCUT2D eigenvalue weighted by atomic mass is 79.9. The number of benzene rings is 2. The molecule has 3 rings (SSSR count). The van der Waals surface area contributed by atoms with E-state index in [2.05, 4.69) is 22.5 Å². The lowest BCUT2D eigenvalue weighted by Gasteiger charge is -2.34. The van der Waals surface area contributed by atoms with Crippen LogP contribution in [0.1, 0.15) is 31.4 Å². The average Bonchev–Trinajstić information content (AvgIpc) is 3.03. The van der Waals surface area contributed by atoms with Crippen LogP contribution in [0.15, 0.2) is 53.5 Å². The van der Waals surface area contributed by atoms with Crippen molar-refractivity contribution in [3.63, 3.8) is 0 Å². The van der Waals surface area contributed by atoms with Crippen molar-refractivity contribution in [3.05, 3.63) is 75.5 Å². The summed E-state index contributed by atoms with van der Waals surface area (Å²) in [5.41, 5.74) is 7.44. The summed E-state index contributed by atoms with van der Waals surface area (Å²) < 4.78 is 20.7. The van der Waals surface area contributed by atoms with Crippen LogP contribution in [-0.2, 0) is 12.0 Å². The molecule has 2 aromatic carbocycles. The van der Waals surface area contributed by atoms with Gasteiger partial charge < -0.3 is 10.5 Å². The fraction of sp³-hybridized carbons (Fsp3) is 0.300. The first kappa shape index (κ1) is 20.0. The average molecular weight is 427 g/mol. The van der Waals surface area contributed by atoms with Crippen molar-refractivity contribution >= 4 is 27.5 Å². The van der Waals surface area contributed by atoms with Gasteiger partial charge in [0.15, 0.2) is 5.60 Å². The van der Waals surface area contributed by atoms with Gasteiger partial charge in [0.1, 0.15) is 11.6 Å². The largest absolute Gasteiger partial charge is 0.480 e. The van der Waals surface area contributed by atoms with Gasteiger partial charge in [-0.15, -0.1) is 6.58 Å². The van der Waals surface area contributed by atoms with Gasteiger partial charge >= 0.3 is 0 Å². The van der Waals surface area contributed by atoms with E-state index in [0.29, 0.717) is 23.1 Å². The Labute approximate surface area is 162 Å². The van der Waals surface area contributed by atoms with Gasteiger partial charge in [0, 0.05) is 22.5 Å². The summed E-state index contributed by atoms with van der Waals surface area (Å²) in [5, 5.41) is 0.0634. The van der Waals surface area contributed by atoms with Crippen LogP contribution in [-0.4, -0.2) is 6.04 Å². The first-order valence-corrected chi connectivity index (χ1v) is 9.44. The molecule has 25 heavy (non-hydrogen) atoms.